The molecule has 0 spiro atoms. The molecule has 0 bridgehead atoms. The molecule has 1 fully saturated rings. The van der Waals surface area contributed by atoms with Crippen LogP contribution in [0.4, 0.5) is 5.69 Å². The molecule has 0 amide bonds. The minimum atomic E-state index is 0.0385. The lowest BCUT2D eigenvalue weighted by atomic mass is 9.86. The summed E-state index contributed by atoms with van der Waals surface area (Å²) in [5.74, 6) is 0.508. The maximum absolute atomic E-state index is 9.14. The van der Waals surface area contributed by atoms with Crippen LogP contribution < -0.4 is 4.90 Å². The van der Waals surface area contributed by atoms with Gasteiger partial charge in [0.25, 0.3) is 0 Å². The van der Waals surface area contributed by atoms with Gasteiger partial charge in [-0.1, -0.05) is 6.07 Å². The SMILES string of the molecule is CC1(C)C(CCO)CCN1c1cccc(C#N)c1. The van der Waals surface area contributed by atoms with Crippen molar-refractivity contribution in [3.8, 4) is 6.07 Å². The predicted molar refractivity (Wildman–Crippen MR) is 72.4 cm³/mol. The molecule has 0 saturated carbocycles. The fourth-order valence-electron chi connectivity index (χ4n) is 3.01. The van der Waals surface area contributed by atoms with E-state index in [4.69, 9.17) is 10.4 Å². The van der Waals surface area contributed by atoms with Crippen molar-refractivity contribution in [3.63, 3.8) is 0 Å². The lowest BCUT2D eigenvalue weighted by Gasteiger charge is -2.37. The number of nitrogens with zero attached hydrogens (tertiary/aromatic N) is 2. The lowest BCUT2D eigenvalue weighted by molar-refractivity contribution is 0.229. The minimum Gasteiger partial charge on any atom is -0.396 e. The van der Waals surface area contributed by atoms with Gasteiger partial charge < -0.3 is 10.0 Å². The molecule has 1 saturated heterocycles. The highest BCUT2D eigenvalue weighted by Crippen LogP contribution is 2.39. The number of hydrogen-bond acceptors (Lipinski definition) is 3. The van der Waals surface area contributed by atoms with Crippen LogP contribution in [0.15, 0.2) is 24.3 Å². The largest absolute Gasteiger partial charge is 0.396 e. The van der Waals surface area contributed by atoms with Gasteiger partial charge in [-0.15, -0.1) is 0 Å². The van der Waals surface area contributed by atoms with Gasteiger partial charge in [0.05, 0.1) is 11.6 Å². The highest BCUT2D eigenvalue weighted by molar-refractivity contribution is 5.54. The highest BCUT2D eigenvalue weighted by Gasteiger charge is 2.40. The van der Waals surface area contributed by atoms with Crippen molar-refractivity contribution in [1.82, 2.24) is 0 Å². The van der Waals surface area contributed by atoms with Gasteiger partial charge in [0.1, 0.15) is 0 Å². The Bertz CT molecular complexity index is 462. The Labute approximate surface area is 109 Å². The number of aliphatic hydroxyl groups is 1. The summed E-state index contributed by atoms with van der Waals surface area (Å²) in [7, 11) is 0. The third-order valence-electron chi connectivity index (χ3n) is 4.16. The normalized spacial score (nSPS) is 21.9. The van der Waals surface area contributed by atoms with E-state index >= 15 is 0 Å². The second-order valence-corrected chi connectivity index (χ2v) is 5.47. The van der Waals surface area contributed by atoms with Crippen LogP contribution in [0.5, 0.6) is 0 Å². The van der Waals surface area contributed by atoms with Crippen molar-refractivity contribution >= 4 is 5.69 Å². The van der Waals surface area contributed by atoms with Gasteiger partial charge in [0.15, 0.2) is 0 Å². The zero-order chi connectivity index (χ0) is 13.2. The summed E-state index contributed by atoms with van der Waals surface area (Å²) in [5, 5.41) is 18.1. The van der Waals surface area contributed by atoms with E-state index in [1.807, 2.05) is 18.2 Å². The van der Waals surface area contributed by atoms with Crippen molar-refractivity contribution < 1.29 is 5.11 Å². The third-order valence-corrected chi connectivity index (χ3v) is 4.16. The first-order chi connectivity index (χ1) is 8.59. The average Bonchev–Trinajstić information content (AvgIpc) is 2.66. The summed E-state index contributed by atoms with van der Waals surface area (Å²) >= 11 is 0. The van der Waals surface area contributed by atoms with E-state index in [0.717, 1.165) is 25.1 Å². The van der Waals surface area contributed by atoms with Crippen molar-refractivity contribution in [1.29, 1.82) is 5.26 Å². The van der Waals surface area contributed by atoms with Gasteiger partial charge in [-0.05, 0) is 50.8 Å². The van der Waals surface area contributed by atoms with E-state index in [2.05, 4.69) is 30.9 Å². The molecule has 0 aromatic heterocycles. The van der Waals surface area contributed by atoms with Crippen LogP contribution >= 0.6 is 0 Å². The molecule has 1 aromatic carbocycles. The van der Waals surface area contributed by atoms with Gasteiger partial charge in [-0.25, -0.2) is 0 Å². The van der Waals surface area contributed by atoms with Crippen molar-refractivity contribution in [2.75, 3.05) is 18.1 Å². The Morgan fingerprint density at radius 1 is 1.50 bits per heavy atom. The maximum atomic E-state index is 9.14. The smallest absolute Gasteiger partial charge is 0.0992 e. The predicted octanol–water partition coefficient (Wildman–Crippen LogP) is 2.55. The standard InChI is InChI=1S/C15H20N2O/c1-15(2)13(7-9-18)6-8-17(15)14-5-3-4-12(10-14)11-16/h3-5,10,13,18H,6-9H2,1-2H3. The van der Waals surface area contributed by atoms with E-state index < -0.39 is 0 Å². The topological polar surface area (TPSA) is 47.3 Å². The van der Waals surface area contributed by atoms with Crippen LogP contribution in [-0.4, -0.2) is 23.8 Å². The Hall–Kier alpha value is -1.53. The van der Waals surface area contributed by atoms with Crippen LogP contribution in [0.3, 0.4) is 0 Å². The van der Waals surface area contributed by atoms with E-state index in [1.165, 1.54) is 0 Å². The average molecular weight is 244 g/mol. The van der Waals surface area contributed by atoms with Gasteiger partial charge >= 0.3 is 0 Å². The molecule has 0 radical (unpaired) electrons. The monoisotopic (exact) mass is 244 g/mol. The Balaban J connectivity index is 2.26. The Kier molecular flexibility index (Phi) is 3.58. The van der Waals surface area contributed by atoms with Gasteiger partial charge in [0.2, 0.25) is 0 Å². The fraction of sp³-hybridized carbons (Fsp3) is 0.533. The molecule has 1 N–H and O–H groups in total. The van der Waals surface area contributed by atoms with Crippen LogP contribution in [0.25, 0.3) is 0 Å². The van der Waals surface area contributed by atoms with Gasteiger partial charge in [-0.3, -0.25) is 0 Å². The van der Waals surface area contributed by atoms with Crippen LogP contribution in [0.1, 0.15) is 32.3 Å². The summed E-state index contributed by atoms with van der Waals surface area (Å²) in [4.78, 5) is 2.36. The molecule has 1 unspecified atom stereocenters. The minimum absolute atomic E-state index is 0.0385. The summed E-state index contributed by atoms with van der Waals surface area (Å²) < 4.78 is 0. The van der Waals surface area contributed by atoms with Gasteiger partial charge in [0, 0.05) is 24.4 Å². The number of anilines is 1. The molecule has 0 aliphatic carbocycles. The second-order valence-electron chi connectivity index (χ2n) is 5.47. The third kappa shape index (κ3) is 2.21. The molecular formula is C15H20N2O. The van der Waals surface area contributed by atoms with Crippen molar-refractivity contribution in [2.24, 2.45) is 5.92 Å². The molecule has 1 atom stereocenters. The number of rotatable bonds is 3. The molecule has 96 valence electrons. The molecule has 18 heavy (non-hydrogen) atoms. The van der Waals surface area contributed by atoms with Gasteiger partial charge in [-0.2, -0.15) is 5.26 Å². The summed E-state index contributed by atoms with van der Waals surface area (Å²) in [6.45, 7) is 5.69. The van der Waals surface area contributed by atoms with E-state index in [0.29, 0.717) is 11.5 Å². The van der Waals surface area contributed by atoms with Crippen LogP contribution in [0.2, 0.25) is 0 Å². The van der Waals surface area contributed by atoms with E-state index in [1.54, 1.807) is 0 Å². The zero-order valence-electron chi connectivity index (χ0n) is 11.1. The molecule has 3 heteroatoms. The van der Waals surface area contributed by atoms with E-state index in [-0.39, 0.29) is 12.1 Å². The quantitative estimate of drug-likeness (QED) is 0.888. The number of benzene rings is 1. The Morgan fingerprint density at radius 3 is 2.94 bits per heavy atom. The maximum Gasteiger partial charge on any atom is 0.0992 e. The van der Waals surface area contributed by atoms with Crippen molar-refractivity contribution in [3.05, 3.63) is 29.8 Å². The first-order valence-electron chi connectivity index (χ1n) is 6.48. The first kappa shape index (κ1) is 12.9. The summed E-state index contributed by atoms with van der Waals surface area (Å²) in [6.07, 6.45) is 1.95. The van der Waals surface area contributed by atoms with Crippen molar-refractivity contribution in [2.45, 2.75) is 32.2 Å². The first-order valence-corrected chi connectivity index (χ1v) is 6.48. The Morgan fingerprint density at radius 2 is 2.28 bits per heavy atom. The molecule has 2 rings (SSSR count). The number of nitriles is 1. The van der Waals surface area contributed by atoms with E-state index in [9.17, 15) is 0 Å². The molecule has 1 aliphatic rings. The molecule has 1 aliphatic heterocycles. The number of hydrogen-bond donors (Lipinski definition) is 1. The molecule has 3 nitrogen and oxygen atoms in total. The summed E-state index contributed by atoms with van der Waals surface area (Å²) in [5.41, 5.74) is 1.85. The molecule has 1 aromatic rings. The molecule has 1 heterocycles. The van der Waals surface area contributed by atoms with Crippen LogP contribution in [-0.2, 0) is 0 Å². The highest BCUT2D eigenvalue weighted by atomic mass is 16.3. The molecular weight excluding hydrogens is 224 g/mol. The lowest BCUT2D eigenvalue weighted by Crippen LogP contribution is -2.42. The zero-order valence-corrected chi connectivity index (χ0v) is 11.1. The fourth-order valence-corrected chi connectivity index (χ4v) is 3.01. The van der Waals surface area contributed by atoms with Crippen LogP contribution in [0, 0.1) is 17.2 Å². The summed E-state index contributed by atoms with van der Waals surface area (Å²) in [6, 6.07) is 9.96. The second kappa shape index (κ2) is 4.99. The number of aliphatic hydroxyl groups excluding tert-OH is 1.